The van der Waals surface area contributed by atoms with Crippen molar-refractivity contribution >= 4 is 22.5 Å². The monoisotopic (exact) mass is 364 g/mol. The number of Topliss-reactive ketones (excluding diaryl/α,β-unsaturated/α-hetero) is 1. The Hall–Kier alpha value is -2.20. The van der Waals surface area contributed by atoms with Gasteiger partial charge in [-0.05, 0) is 55.1 Å². The predicted molar refractivity (Wildman–Crippen MR) is 108 cm³/mol. The number of likely N-dealkylation sites (tertiary alicyclic amines) is 1. The summed E-state index contributed by atoms with van der Waals surface area (Å²) in [5, 5.41) is 4.55. The summed E-state index contributed by atoms with van der Waals surface area (Å²) in [5.74, 6) is 0.0868. The quantitative estimate of drug-likeness (QED) is 0.833. The third-order valence-corrected chi connectivity index (χ3v) is 6.28. The number of rotatable bonds is 4. The average Bonchev–Trinajstić information content (AvgIpc) is 3.27. The van der Waals surface area contributed by atoms with Gasteiger partial charge in [0, 0.05) is 36.7 Å². The highest BCUT2D eigenvalue weighted by atomic mass is 16.1. The molecule has 4 heteroatoms. The van der Waals surface area contributed by atoms with Gasteiger partial charge in [0.25, 0.3) is 5.91 Å². The maximum absolute atomic E-state index is 13.3. The zero-order chi connectivity index (χ0) is 18.8. The Kier molecular flexibility index (Phi) is 5.26. The zero-order valence-corrected chi connectivity index (χ0v) is 16.0. The fourth-order valence-electron chi connectivity index (χ4n) is 4.83. The van der Waals surface area contributed by atoms with Crippen LogP contribution < -0.4 is 5.32 Å². The molecule has 1 aliphatic heterocycles. The van der Waals surface area contributed by atoms with E-state index in [4.69, 9.17) is 0 Å². The Balaban J connectivity index is 1.63. The molecule has 1 saturated heterocycles. The van der Waals surface area contributed by atoms with Crippen LogP contribution in [0, 0.1) is 5.92 Å². The third-order valence-electron chi connectivity index (χ3n) is 6.28. The van der Waals surface area contributed by atoms with E-state index in [1.807, 2.05) is 30.3 Å². The minimum absolute atomic E-state index is 0.0399. The number of hydrogen-bond donors (Lipinski definition) is 1. The predicted octanol–water partition coefficient (Wildman–Crippen LogP) is 4.04. The molecule has 0 spiro atoms. The van der Waals surface area contributed by atoms with E-state index in [9.17, 15) is 9.59 Å². The first kappa shape index (κ1) is 18.2. The van der Waals surface area contributed by atoms with Gasteiger partial charge in [0.1, 0.15) is 0 Å². The maximum atomic E-state index is 13.3. The number of nitrogens with zero attached hydrogens (tertiary/aromatic N) is 1. The van der Waals surface area contributed by atoms with Crippen molar-refractivity contribution < 1.29 is 9.59 Å². The lowest BCUT2D eigenvalue weighted by Crippen LogP contribution is -2.43. The van der Waals surface area contributed by atoms with Crippen molar-refractivity contribution in [2.45, 2.75) is 44.6 Å². The van der Waals surface area contributed by atoms with Crippen LogP contribution in [-0.2, 0) is 0 Å². The molecular weight excluding hydrogens is 336 g/mol. The molecule has 1 atom stereocenters. The van der Waals surface area contributed by atoms with Crippen LogP contribution in [0.4, 0.5) is 0 Å². The molecule has 4 rings (SSSR count). The first-order valence-electron chi connectivity index (χ1n) is 10.2. The van der Waals surface area contributed by atoms with Crippen LogP contribution in [0.1, 0.15) is 59.2 Å². The molecule has 0 aromatic heterocycles. The molecule has 2 aromatic rings. The van der Waals surface area contributed by atoms with E-state index in [1.165, 1.54) is 25.7 Å². The van der Waals surface area contributed by atoms with Crippen molar-refractivity contribution in [1.82, 2.24) is 10.2 Å². The SMILES string of the molecule is CNC(=O)c1cc(C(=O)C2CCCN(C3CCCC3)C2)cc2ccccc12. The number of benzene rings is 2. The van der Waals surface area contributed by atoms with E-state index in [2.05, 4.69) is 10.2 Å². The highest BCUT2D eigenvalue weighted by Gasteiger charge is 2.31. The van der Waals surface area contributed by atoms with E-state index in [0.717, 1.165) is 36.7 Å². The summed E-state index contributed by atoms with van der Waals surface area (Å²) >= 11 is 0. The van der Waals surface area contributed by atoms with Crippen LogP contribution >= 0.6 is 0 Å². The van der Waals surface area contributed by atoms with Crippen molar-refractivity contribution in [2.75, 3.05) is 20.1 Å². The number of ketones is 1. The standard InChI is InChI=1S/C23H28N2O2/c1-24-23(27)21-14-18(13-16-7-2-5-11-20(16)21)22(26)17-8-6-12-25(15-17)19-9-3-4-10-19/h2,5,7,11,13-14,17,19H,3-4,6,8-10,12,15H2,1H3,(H,24,27). The molecule has 0 bridgehead atoms. The summed E-state index contributed by atoms with van der Waals surface area (Å²) < 4.78 is 0. The second-order valence-corrected chi connectivity index (χ2v) is 7.96. The van der Waals surface area contributed by atoms with Gasteiger partial charge in [-0.25, -0.2) is 0 Å². The lowest BCUT2D eigenvalue weighted by molar-refractivity contribution is 0.0757. The number of nitrogens with one attached hydrogen (secondary N) is 1. The topological polar surface area (TPSA) is 49.4 Å². The largest absolute Gasteiger partial charge is 0.355 e. The Morgan fingerprint density at radius 2 is 1.81 bits per heavy atom. The first-order chi connectivity index (χ1) is 13.2. The summed E-state index contributed by atoms with van der Waals surface area (Å²) in [5.41, 5.74) is 1.26. The van der Waals surface area contributed by atoms with Gasteiger partial charge in [-0.15, -0.1) is 0 Å². The molecule has 1 aliphatic carbocycles. The van der Waals surface area contributed by atoms with E-state index < -0.39 is 0 Å². The molecule has 4 nitrogen and oxygen atoms in total. The van der Waals surface area contributed by atoms with Crippen molar-refractivity contribution in [1.29, 1.82) is 0 Å². The summed E-state index contributed by atoms with van der Waals surface area (Å²) in [4.78, 5) is 28.2. The van der Waals surface area contributed by atoms with Gasteiger partial charge < -0.3 is 5.32 Å². The molecule has 1 amide bonds. The fourth-order valence-corrected chi connectivity index (χ4v) is 4.83. The van der Waals surface area contributed by atoms with Crippen LogP contribution in [-0.4, -0.2) is 42.8 Å². The number of amides is 1. The van der Waals surface area contributed by atoms with Crippen LogP contribution in [0.3, 0.4) is 0 Å². The number of fused-ring (bicyclic) bond motifs is 1. The first-order valence-corrected chi connectivity index (χ1v) is 10.2. The number of carbonyl (C=O) groups is 2. The molecule has 142 valence electrons. The van der Waals surface area contributed by atoms with Crippen molar-refractivity contribution in [2.24, 2.45) is 5.92 Å². The lowest BCUT2D eigenvalue weighted by atomic mass is 9.87. The highest BCUT2D eigenvalue weighted by Crippen LogP contribution is 2.30. The minimum Gasteiger partial charge on any atom is -0.355 e. The highest BCUT2D eigenvalue weighted by molar-refractivity contribution is 6.11. The molecule has 1 N–H and O–H groups in total. The summed E-state index contributed by atoms with van der Waals surface area (Å²) in [7, 11) is 1.63. The Morgan fingerprint density at radius 3 is 2.59 bits per heavy atom. The normalized spacial score (nSPS) is 21.4. The number of hydrogen-bond acceptors (Lipinski definition) is 3. The van der Waals surface area contributed by atoms with Crippen LogP contribution in [0.5, 0.6) is 0 Å². The van der Waals surface area contributed by atoms with Crippen molar-refractivity contribution in [3.05, 3.63) is 47.5 Å². The average molecular weight is 364 g/mol. The van der Waals surface area contributed by atoms with Crippen molar-refractivity contribution in [3.8, 4) is 0 Å². The molecule has 0 radical (unpaired) electrons. The maximum Gasteiger partial charge on any atom is 0.251 e. The Labute approximate surface area is 160 Å². The zero-order valence-electron chi connectivity index (χ0n) is 16.0. The summed E-state index contributed by atoms with van der Waals surface area (Å²) in [6.07, 6.45) is 7.22. The van der Waals surface area contributed by atoms with Gasteiger partial charge in [0.15, 0.2) is 5.78 Å². The van der Waals surface area contributed by atoms with Crippen molar-refractivity contribution in [3.63, 3.8) is 0 Å². The second kappa shape index (κ2) is 7.81. The lowest BCUT2D eigenvalue weighted by Gasteiger charge is -2.36. The molecule has 1 unspecified atom stereocenters. The number of carbonyl (C=O) groups excluding carboxylic acids is 2. The smallest absolute Gasteiger partial charge is 0.251 e. The van der Waals surface area contributed by atoms with E-state index in [0.29, 0.717) is 17.2 Å². The van der Waals surface area contributed by atoms with Gasteiger partial charge in [-0.3, -0.25) is 14.5 Å². The van der Waals surface area contributed by atoms with Gasteiger partial charge in [0.05, 0.1) is 0 Å². The van der Waals surface area contributed by atoms with E-state index in [1.54, 1.807) is 13.1 Å². The van der Waals surface area contributed by atoms with E-state index >= 15 is 0 Å². The second-order valence-electron chi connectivity index (χ2n) is 7.96. The molecule has 2 aliphatic rings. The van der Waals surface area contributed by atoms with Gasteiger partial charge >= 0.3 is 0 Å². The van der Waals surface area contributed by atoms with E-state index in [-0.39, 0.29) is 17.6 Å². The Morgan fingerprint density at radius 1 is 1.04 bits per heavy atom. The molecule has 1 saturated carbocycles. The molecule has 27 heavy (non-hydrogen) atoms. The molecule has 2 fully saturated rings. The summed E-state index contributed by atoms with van der Waals surface area (Å²) in [6, 6.07) is 12.2. The van der Waals surface area contributed by atoms with Crippen LogP contribution in [0.2, 0.25) is 0 Å². The number of piperidine rings is 1. The Bertz CT molecular complexity index is 855. The van der Waals surface area contributed by atoms with Crippen LogP contribution in [0.25, 0.3) is 10.8 Å². The van der Waals surface area contributed by atoms with Gasteiger partial charge in [-0.1, -0.05) is 37.1 Å². The van der Waals surface area contributed by atoms with Gasteiger partial charge in [0.2, 0.25) is 0 Å². The molecule has 1 heterocycles. The third kappa shape index (κ3) is 3.63. The van der Waals surface area contributed by atoms with Gasteiger partial charge in [-0.2, -0.15) is 0 Å². The summed E-state index contributed by atoms with van der Waals surface area (Å²) in [6.45, 7) is 1.99. The van der Waals surface area contributed by atoms with Crippen LogP contribution in [0.15, 0.2) is 36.4 Å². The fraction of sp³-hybridized carbons (Fsp3) is 0.478. The minimum atomic E-state index is -0.142. The molecular formula is C23H28N2O2. The molecule has 2 aromatic carbocycles.